The number of hydrogen-bond donors (Lipinski definition) is 1. The van der Waals surface area contributed by atoms with Crippen LogP contribution in [-0.2, 0) is 0 Å². The molecule has 1 aromatic heterocycles. The Kier molecular flexibility index (Phi) is 4.65. The second kappa shape index (κ2) is 6.05. The molecule has 0 amide bonds. The van der Waals surface area contributed by atoms with Gasteiger partial charge in [-0.25, -0.2) is 0 Å². The normalized spacial score (nSPS) is 11.4. The molecule has 80 valence electrons. The van der Waals surface area contributed by atoms with Crippen LogP contribution < -0.4 is 10.5 Å². The molecule has 0 aliphatic heterocycles. The Morgan fingerprint density at radius 3 is 3.00 bits per heavy atom. The highest BCUT2D eigenvalue weighted by Crippen LogP contribution is 2.10. The Hall–Kier alpha value is -1.53. The molecule has 0 aliphatic rings. The van der Waals surface area contributed by atoms with E-state index in [9.17, 15) is 0 Å². The monoisotopic (exact) mass is 204 g/mol. The van der Waals surface area contributed by atoms with Crippen LogP contribution in [-0.4, -0.2) is 17.6 Å². The number of nitrogens with two attached hydrogens (primary N) is 1. The molecule has 1 atom stereocenters. The molecule has 0 bridgehead atoms. The summed E-state index contributed by atoms with van der Waals surface area (Å²) < 4.78 is 5.44. The fourth-order valence-electron chi connectivity index (χ4n) is 0.983. The predicted octanol–water partition coefficient (Wildman–Crippen LogP) is 1.57. The zero-order valence-corrected chi connectivity index (χ0v) is 9.16. The first-order valence-electron chi connectivity index (χ1n) is 5.07. The van der Waals surface area contributed by atoms with Crippen LogP contribution in [0.5, 0.6) is 5.75 Å². The summed E-state index contributed by atoms with van der Waals surface area (Å²) in [7, 11) is 0. The van der Waals surface area contributed by atoms with Gasteiger partial charge in [-0.1, -0.05) is 18.8 Å². The third kappa shape index (κ3) is 4.48. The Balaban J connectivity index is 2.71. The maximum Gasteiger partial charge on any atom is 0.138 e. The van der Waals surface area contributed by atoms with Crippen molar-refractivity contribution in [3.63, 3.8) is 0 Å². The summed E-state index contributed by atoms with van der Waals surface area (Å²) in [5, 5.41) is 0. The van der Waals surface area contributed by atoms with Crippen LogP contribution in [0.4, 0.5) is 0 Å². The molecule has 0 fully saturated rings. The number of pyridine rings is 1. The third-order valence-corrected chi connectivity index (χ3v) is 1.63. The van der Waals surface area contributed by atoms with Gasteiger partial charge < -0.3 is 10.5 Å². The first-order valence-corrected chi connectivity index (χ1v) is 5.07. The lowest BCUT2D eigenvalue weighted by Gasteiger charge is -2.03. The summed E-state index contributed by atoms with van der Waals surface area (Å²) in [6, 6.07) is 1.75. The second-order valence-electron chi connectivity index (χ2n) is 3.32. The molecule has 0 aromatic carbocycles. The van der Waals surface area contributed by atoms with Crippen molar-refractivity contribution < 1.29 is 4.74 Å². The Morgan fingerprint density at radius 1 is 1.53 bits per heavy atom. The van der Waals surface area contributed by atoms with Gasteiger partial charge in [0.2, 0.25) is 0 Å². The molecular weight excluding hydrogens is 188 g/mol. The average Bonchev–Trinajstić information content (AvgIpc) is 2.24. The highest BCUT2D eigenvalue weighted by atomic mass is 16.5. The Labute approximate surface area is 90.7 Å². The van der Waals surface area contributed by atoms with Crippen LogP contribution in [0.3, 0.4) is 0 Å². The lowest BCUT2D eigenvalue weighted by atomic mass is 10.2. The molecule has 1 aromatic rings. The molecule has 0 saturated carbocycles. The minimum absolute atomic E-state index is 0.120. The molecule has 3 heteroatoms. The van der Waals surface area contributed by atoms with Gasteiger partial charge in [0.05, 0.1) is 18.8 Å². The van der Waals surface area contributed by atoms with E-state index >= 15 is 0 Å². The molecule has 1 rings (SSSR count). The van der Waals surface area contributed by atoms with Gasteiger partial charge in [0, 0.05) is 11.8 Å². The predicted molar refractivity (Wildman–Crippen MR) is 60.6 cm³/mol. The van der Waals surface area contributed by atoms with E-state index in [2.05, 4.69) is 23.7 Å². The maximum atomic E-state index is 5.53. The summed E-state index contributed by atoms with van der Waals surface area (Å²) in [4.78, 5) is 4.05. The summed E-state index contributed by atoms with van der Waals surface area (Å²) in [5.74, 6) is 6.58. The minimum Gasteiger partial charge on any atom is -0.492 e. The van der Waals surface area contributed by atoms with Gasteiger partial charge in [-0.15, -0.1) is 0 Å². The standard InChI is InChI=1S/C12H16N2O/c1-3-6-15-12-7-11(8-14-9-12)5-4-10(2)13/h7-10H,3,6,13H2,1-2H3. The molecule has 0 radical (unpaired) electrons. The number of aromatic nitrogens is 1. The summed E-state index contributed by atoms with van der Waals surface area (Å²) in [5.41, 5.74) is 6.37. The number of nitrogens with zero attached hydrogens (tertiary/aromatic N) is 1. The lowest BCUT2D eigenvalue weighted by molar-refractivity contribution is 0.316. The van der Waals surface area contributed by atoms with Crippen molar-refractivity contribution in [2.45, 2.75) is 26.3 Å². The number of hydrogen-bond acceptors (Lipinski definition) is 3. The van der Waals surface area contributed by atoms with E-state index in [-0.39, 0.29) is 6.04 Å². The zero-order chi connectivity index (χ0) is 11.1. The summed E-state index contributed by atoms with van der Waals surface area (Å²) in [6.45, 7) is 4.61. The van der Waals surface area contributed by atoms with Gasteiger partial charge in [-0.3, -0.25) is 4.98 Å². The molecule has 3 nitrogen and oxygen atoms in total. The minimum atomic E-state index is -0.120. The fraction of sp³-hybridized carbons (Fsp3) is 0.417. The molecule has 1 unspecified atom stereocenters. The largest absolute Gasteiger partial charge is 0.492 e. The Morgan fingerprint density at radius 2 is 2.33 bits per heavy atom. The first kappa shape index (κ1) is 11.5. The van der Waals surface area contributed by atoms with Gasteiger partial charge in [-0.05, 0) is 19.4 Å². The smallest absolute Gasteiger partial charge is 0.138 e. The molecule has 0 aliphatic carbocycles. The molecule has 15 heavy (non-hydrogen) atoms. The van der Waals surface area contributed by atoms with E-state index < -0.39 is 0 Å². The van der Waals surface area contributed by atoms with Crippen LogP contribution in [0.1, 0.15) is 25.8 Å². The van der Waals surface area contributed by atoms with Crippen LogP contribution in [0.15, 0.2) is 18.5 Å². The summed E-state index contributed by atoms with van der Waals surface area (Å²) >= 11 is 0. The van der Waals surface area contributed by atoms with Crippen LogP contribution in [0.2, 0.25) is 0 Å². The number of ether oxygens (including phenoxy) is 1. The molecular formula is C12H16N2O. The molecule has 0 saturated heterocycles. The highest BCUT2D eigenvalue weighted by molar-refractivity contribution is 5.37. The molecule has 2 N–H and O–H groups in total. The van der Waals surface area contributed by atoms with E-state index in [4.69, 9.17) is 10.5 Å². The lowest BCUT2D eigenvalue weighted by Crippen LogP contribution is -2.10. The fourth-order valence-corrected chi connectivity index (χ4v) is 0.983. The van der Waals surface area contributed by atoms with E-state index in [0.717, 1.165) is 17.7 Å². The zero-order valence-electron chi connectivity index (χ0n) is 9.16. The van der Waals surface area contributed by atoms with E-state index in [1.165, 1.54) is 0 Å². The first-order chi connectivity index (χ1) is 7.22. The topological polar surface area (TPSA) is 48.1 Å². The third-order valence-electron chi connectivity index (χ3n) is 1.63. The average molecular weight is 204 g/mol. The van der Waals surface area contributed by atoms with Gasteiger partial charge in [-0.2, -0.15) is 0 Å². The van der Waals surface area contributed by atoms with Crippen molar-refractivity contribution in [3.8, 4) is 17.6 Å². The van der Waals surface area contributed by atoms with Crippen molar-refractivity contribution in [3.05, 3.63) is 24.0 Å². The van der Waals surface area contributed by atoms with Crippen LogP contribution in [0.25, 0.3) is 0 Å². The van der Waals surface area contributed by atoms with E-state index in [1.807, 2.05) is 13.0 Å². The van der Waals surface area contributed by atoms with Crippen molar-refractivity contribution in [2.75, 3.05) is 6.61 Å². The second-order valence-corrected chi connectivity index (χ2v) is 3.32. The Bertz CT molecular complexity index is 363. The summed E-state index contributed by atoms with van der Waals surface area (Å²) in [6.07, 6.45) is 4.37. The maximum absolute atomic E-state index is 5.53. The van der Waals surface area contributed by atoms with Crippen molar-refractivity contribution in [1.82, 2.24) is 4.98 Å². The van der Waals surface area contributed by atoms with Crippen LogP contribution in [0, 0.1) is 11.8 Å². The van der Waals surface area contributed by atoms with Gasteiger partial charge in [0.15, 0.2) is 0 Å². The van der Waals surface area contributed by atoms with Crippen molar-refractivity contribution >= 4 is 0 Å². The SMILES string of the molecule is CCCOc1cncc(C#CC(C)N)c1. The number of rotatable bonds is 3. The molecule has 0 spiro atoms. The van der Waals surface area contributed by atoms with Crippen LogP contribution >= 0.6 is 0 Å². The van der Waals surface area contributed by atoms with Gasteiger partial charge >= 0.3 is 0 Å². The molecule has 1 heterocycles. The highest BCUT2D eigenvalue weighted by Gasteiger charge is 1.94. The van der Waals surface area contributed by atoms with Gasteiger partial charge in [0.25, 0.3) is 0 Å². The van der Waals surface area contributed by atoms with Crippen molar-refractivity contribution in [2.24, 2.45) is 5.73 Å². The van der Waals surface area contributed by atoms with Gasteiger partial charge in [0.1, 0.15) is 5.75 Å². The quantitative estimate of drug-likeness (QED) is 0.760. The van der Waals surface area contributed by atoms with E-state index in [1.54, 1.807) is 12.4 Å². The van der Waals surface area contributed by atoms with Crippen molar-refractivity contribution in [1.29, 1.82) is 0 Å². The van der Waals surface area contributed by atoms with E-state index in [0.29, 0.717) is 6.61 Å².